The summed E-state index contributed by atoms with van der Waals surface area (Å²) < 4.78 is 1.60. The minimum atomic E-state index is -1.15. The van der Waals surface area contributed by atoms with E-state index in [-0.39, 0.29) is 10.8 Å². The van der Waals surface area contributed by atoms with Crippen molar-refractivity contribution in [2.45, 2.75) is 6.54 Å². The zero-order valence-electron chi connectivity index (χ0n) is 12.6. The van der Waals surface area contributed by atoms with Gasteiger partial charge in [-0.1, -0.05) is 29.3 Å². The summed E-state index contributed by atoms with van der Waals surface area (Å²) in [4.78, 5) is 19.7. The average Bonchev–Trinajstić information content (AvgIpc) is 2.95. The molecule has 124 valence electrons. The molecule has 0 spiro atoms. The number of halogens is 2. The van der Waals surface area contributed by atoms with Crippen molar-refractivity contribution in [1.29, 1.82) is 0 Å². The van der Waals surface area contributed by atoms with Crippen LogP contribution in [0.3, 0.4) is 0 Å². The molecule has 0 fully saturated rings. The van der Waals surface area contributed by atoms with E-state index in [4.69, 9.17) is 23.2 Å². The molecule has 1 aromatic carbocycles. The lowest BCUT2D eigenvalue weighted by molar-refractivity contribution is 0.0691. The van der Waals surface area contributed by atoms with Crippen LogP contribution in [0.15, 0.2) is 42.7 Å². The van der Waals surface area contributed by atoms with E-state index >= 15 is 0 Å². The molecule has 4 aromatic rings. The first-order chi connectivity index (χ1) is 12.0. The molecule has 0 aliphatic rings. The topological polar surface area (TPSA) is 80.9 Å². The summed E-state index contributed by atoms with van der Waals surface area (Å²) in [5.41, 5.74) is 2.27. The Labute approximate surface area is 151 Å². The summed E-state index contributed by atoms with van der Waals surface area (Å²) in [6.07, 6.45) is 3.12. The zero-order valence-corrected chi connectivity index (χ0v) is 14.2. The van der Waals surface area contributed by atoms with Gasteiger partial charge in [-0.05, 0) is 29.8 Å². The van der Waals surface area contributed by atoms with Crippen molar-refractivity contribution >= 4 is 51.0 Å². The number of hydrogen-bond acceptors (Lipinski definition) is 4. The second kappa shape index (κ2) is 5.98. The van der Waals surface area contributed by atoms with Crippen LogP contribution in [0.25, 0.3) is 21.8 Å². The summed E-state index contributed by atoms with van der Waals surface area (Å²) in [7, 11) is 0. The van der Waals surface area contributed by atoms with Crippen LogP contribution in [0.4, 0.5) is 0 Å². The maximum absolute atomic E-state index is 11.5. The monoisotopic (exact) mass is 372 g/mol. The molecule has 3 aromatic heterocycles. The summed E-state index contributed by atoms with van der Waals surface area (Å²) in [6.45, 7) is 0.382. The molecule has 0 aliphatic heterocycles. The highest BCUT2D eigenvalue weighted by molar-refractivity contribution is 6.35. The number of nitrogens with zero attached hydrogens (tertiary/aromatic N) is 4. The van der Waals surface area contributed by atoms with Gasteiger partial charge in [0.05, 0.1) is 28.0 Å². The quantitative estimate of drug-likeness (QED) is 0.549. The van der Waals surface area contributed by atoms with Crippen LogP contribution < -0.4 is 0 Å². The molecule has 8 heteroatoms. The Morgan fingerprint density at radius 3 is 2.80 bits per heavy atom. The van der Waals surface area contributed by atoms with Gasteiger partial charge in [0, 0.05) is 17.8 Å². The molecule has 0 amide bonds. The molecule has 0 aliphatic carbocycles. The van der Waals surface area contributed by atoms with Crippen LogP contribution in [0, 0.1) is 0 Å². The molecule has 3 heterocycles. The van der Waals surface area contributed by atoms with Gasteiger partial charge >= 0.3 is 5.97 Å². The highest BCUT2D eigenvalue weighted by Crippen LogP contribution is 2.26. The molecule has 1 N–H and O–H groups in total. The smallest absolute Gasteiger partial charge is 0.357 e. The van der Waals surface area contributed by atoms with Crippen molar-refractivity contribution in [2.24, 2.45) is 0 Å². The fraction of sp³-hybridized carbons (Fsp3) is 0.0588. The molecule has 0 radical (unpaired) electrons. The summed E-state index contributed by atoms with van der Waals surface area (Å²) in [6, 6.07) is 9.28. The van der Waals surface area contributed by atoms with Crippen LogP contribution in [0.1, 0.15) is 16.1 Å². The number of rotatable bonds is 3. The number of carboxylic acid groups (broad SMARTS) is 1. The van der Waals surface area contributed by atoms with E-state index < -0.39 is 5.97 Å². The third-order valence-corrected chi connectivity index (χ3v) is 4.36. The number of pyridine rings is 2. The van der Waals surface area contributed by atoms with E-state index in [1.807, 2.05) is 24.3 Å². The molecule has 4 rings (SSSR count). The van der Waals surface area contributed by atoms with Crippen LogP contribution in [-0.4, -0.2) is 30.8 Å². The van der Waals surface area contributed by atoms with E-state index in [0.717, 1.165) is 16.5 Å². The van der Waals surface area contributed by atoms with Crippen LogP contribution >= 0.6 is 23.2 Å². The SMILES string of the molecule is O=C(O)c1nn(Cc2ccc3ncc(Cl)cc3c2)c2ccnc(Cl)c12. The predicted octanol–water partition coefficient (Wildman–Crippen LogP) is 4.03. The minimum Gasteiger partial charge on any atom is -0.476 e. The number of carboxylic acids is 1. The molecule has 25 heavy (non-hydrogen) atoms. The number of fused-ring (bicyclic) bond motifs is 2. The van der Waals surface area contributed by atoms with E-state index in [2.05, 4.69) is 15.1 Å². The molecular formula is C17H10Cl2N4O2. The maximum Gasteiger partial charge on any atom is 0.357 e. The maximum atomic E-state index is 11.5. The van der Waals surface area contributed by atoms with Gasteiger partial charge in [-0.3, -0.25) is 9.67 Å². The first-order valence-electron chi connectivity index (χ1n) is 7.31. The Kier molecular flexibility index (Phi) is 3.78. The van der Waals surface area contributed by atoms with Gasteiger partial charge < -0.3 is 5.11 Å². The Morgan fingerprint density at radius 1 is 1.16 bits per heavy atom. The Bertz CT molecular complexity index is 1140. The van der Waals surface area contributed by atoms with Gasteiger partial charge in [0.1, 0.15) is 5.15 Å². The Morgan fingerprint density at radius 2 is 2.00 bits per heavy atom. The average molecular weight is 373 g/mol. The van der Waals surface area contributed by atoms with Crippen molar-refractivity contribution in [3.63, 3.8) is 0 Å². The van der Waals surface area contributed by atoms with Gasteiger partial charge in [0.15, 0.2) is 5.69 Å². The highest BCUT2D eigenvalue weighted by atomic mass is 35.5. The number of aromatic nitrogens is 4. The lowest BCUT2D eigenvalue weighted by atomic mass is 10.1. The van der Waals surface area contributed by atoms with Gasteiger partial charge in [-0.2, -0.15) is 5.10 Å². The van der Waals surface area contributed by atoms with Crippen molar-refractivity contribution in [3.05, 3.63) is 64.2 Å². The van der Waals surface area contributed by atoms with E-state index in [0.29, 0.717) is 22.5 Å². The second-order valence-electron chi connectivity index (χ2n) is 5.49. The van der Waals surface area contributed by atoms with Crippen molar-refractivity contribution in [1.82, 2.24) is 19.7 Å². The molecule has 0 atom stereocenters. The predicted molar refractivity (Wildman–Crippen MR) is 95.4 cm³/mol. The second-order valence-corrected chi connectivity index (χ2v) is 6.28. The molecule has 0 bridgehead atoms. The zero-order chi connectivity index (χ0) is 17.6. The molecule has 0 unspecified atom stereocenters. The summed E-state index contributed by atoms with van der Waals surface area (Å²) in [5, 5.41) is 15.5. The van der Waals surface area contributed by atoms with E-state index in [1.165, 1.54) is 6.20 Å². The molecule has 0 saturated heterocycles. The van der Waals surface area contributed by atoms with Gasteiger partial charge in [0.25, 0.3) is 0 Å². The van der Waals surface area contributed by atoms with Crippen molar-refractivity contribution in [2.75, 3.05) is 0 Å². The third-order valence-electron chi connectivity index (χ3n) is 3.87. The number of benzene rings is 1. The van der Waals surface area contributed by atoms with Gasteiger partial charge in [0.2, 0.25) is 0 Å². The van der Waals surface area contributed by atoms with E-state index in [9.17, 15) is 9.90 Å². The van der Waals surface area contributed by atoms with Crippen molar-refractivity contribution < 1.29 is 9.90 Å². The largest absolute Gasteiger partial charge is 0.476 e. The Balaban J connectivity index is 1.83. The lowest BCUT2D eigenvalue weighted by Gasteiger charge is -2.06. The van der Waals surface area contributed by atoms with Crippen LogP contribution in [-0.2, 0) is 6.54 Å². The first-order valence-corrected chi connectivity index (χ1v) is 8.07. The first kappa shape index (κ1) is 15.8. The van der Waals surface area contributed by atoms with Crippen LogP contribution in [0.2, 0.25) is 10.2 Å². The standard InChI is InChI=1S/C17H10Cl2N4O2/c18-11-6-10-5-9(1-2-12(10)21-7-11)8-23-13-3-4-20-16(19)14(13)15(22-23)17(24)25/h1-7H,8H2,(H,24,25). The lowest BCUT2D eigenvalue weighted by Crippen LogP contribution is -2.04. The summed E-state index contributed by atoms with van der Waals surface area (Å²) >= 11 is 12.1. The number of aromatic carboxylic acids is 1. The number of carbonyl (C=O) groups is 1. The fourth-order valence-electron chi connectivity index (χ4n) is 2.78. The molecule has 6 nitrogen and oxygen atoms in total. The minimum absolute atomic E-state index is 0.112. The number of hydrogen-bond donors (Lipinski definition) is 1. The van der Waals surface area contributed by atoms with Crippen molar-refractivity contribution in [3.8, 4) is 0 Å². The van der Waals surface area contributed by atoms with Crippen LogP contribution in [0.5, 0.6) is 0 Å². The Hall–Kier alpha value is -2.70. The highest BCUT2D eigenvalue weighted by Gasteiger charge is 2.19. The molecule has 0 saturated carbocycles. The normalized spacial score (nSPS) is 11.3. The van der Waals surface area contributed by atoms with Gasteiger partial charge in [-0.15, -0.1) is 0 Å². The third kappa shape index (κ3) is 2.79. The summed E-state index contributed by atoms with van der Waals surface area (Å²) in [5.74, 6) is -1.15. The fourth-order valence-corrected chi connectivity index (χ4v) is 3.19. The van der Waals surface area contributed by atoms with E-state index in [1.54, 1.807) is 16.9 Å². The van der Waals surface area contributed by atoms with Gasteiger partial charge in [-0.25, -0.2) is 9.78 Å². The molecular weight excluding hydrogens is 363 g/mol.